The molecule has 0 aliphatic heterocycles. The Hall–Kier alpha value is -3.88. The Bertz CT molecular complexity index is 935. The van der Waals surface area contributed by atoms with E-state index in [-0.39, 0.29) is 30.9 Å². The van der Waals surface area contributed by atoms with Crippen molar-refractivity contribution in [2.24, 2.45) is 0 Å². The zero-order valence-corrected chi connectivity index (χ0v) is 15.9. The van der Waals surface area contributed by atoms with Crippen molar-refractivity contribution in [3.05, 3.63) is 60.4 Å². The van der Waals surface area contributed by atoms with Crippen LogP contribution in [0.2, 0.25) is 0 Å². The summed E-state index contributed by atoms with van der Waals surface area (Å²) in [7, 11) is 0. The average Bonchev–Trinajstić information content (AvgIpc) is 2.72. The highest BCUT2D eigenvalue weighted by atomic mass is 16.6. The first-order chi connectivity index (χ1) is 14.1. The largest absolute Gasteiger partial charge is 0.494 e. The molecule has 0 aliphatic rings. The van der Waals surface area contributed by atoms with Gasteiger partial charge in [0.2, 0.25) is 11.9 Å². The number of aromatic nitrogens is 3. The summed E-state index contributed by atoms with van der Waals surface area (Å²) < 4.78 is 15.9. The summed E-state index contributed by atoms with van der Waals surface area (Å²) in [5.74, 6) is 1.22. The van der Waals surface area contributed by atoms with E-state index < -0.39 is 5.97 Å². The third kappa shape index (κ3) is 6.35. The standard InChI is InChI=1S/C20H21N5O4/c1-2-27-15-8-10-16(11-9-15)28-13-18(26)29-12-17-23-19(21)25-20(24-17)22-14-6-4-3-5-7-14/h3-11H,2,12-13H2,1H3,(H3,21,22,23,24,25). The van der Waals surface area contributed by atoms with E-state index in [1.165, 1.54) is 0 Å². The van der Waals surface area contributed by atoms with Crippen LogP contribution in [0, 0.1) is 0 Å². The van der Waals surface area contributed by atoms with Gasteiger partial charge in [0, 0.05) is 5.69 Å². The summed E-state index contributed by atoms with van der Waals surface area (Å²) in [5, 5.41) is 3.02. The predicted octanol–water partition coefficient (Wildman–Crippen LogP) is 2.72. The molecule has 3 N–H and O–H groups in total. The van der Waals surface area contributed by atoms with Gasteiger partial charge >= 0.3 is 5.97 Å². The second-order valence-corrected chi connectivity index (χ2v) is 5.78. The highest BCUT2D eigenvalue weighted by Crippen LogP contribution is 2.17. The van der Waals surface area contributed by atoms with Gasteiger partial charge in [-0.25, -0.2) is 4.79 Å². The summed E-state index contributed by atoms with van der Waals surface area (Å²) in [4.78, 5) is 24.1. The summed E-state index contributed by atoms with van der Waals surface area (Å²) in [6, 6.07) is 16.3. The van der Waals surface area contributed by atoms with Gasteiger partial charge in [-0.05, 0) is 43.3 Å². The SMILES string of the molecule is CCOc1ccc(OCC(=O)OCc2nc(N)nc(Nc3ccccc3)n2)cc1. The Morgan fingerprint density at radius 1 is 0.966 bits per heavy atom. The lowest BCUT2D eigenvalue weighted by Crippen LogP contribution is -2.16. The maximum Gasteiger partial charge on any atom is 0.344 e. The van der Waals surface area contributed by atoms with Crippen molar-refractivity contribution in [3.63, 3.8) is 0 Å². The second-order valence-electron chi connectivity index (χ2n) is 5.78. The van der Waals surface area contributed by atoms with Gasteiger partial charge in [-0.1, -0.05) is 18.2 Å². The van der Waals surface area contributed by atoms with Gasteiger partial charge < -0.3 is 25.3 Å². The zero-order valence-electron chi connectivity index (χ0n) is 15.9. The molecule has 0 saturated heterocycles. The molecule has 0 unspecified atom stereocenters. The number of nitrogens with zero attached hydrogens (tertiary/aromatic N) is 3. The molecule has 150 valence electrons. The number of anilines is 3. The highest BCUT2D eigenvalue weighted by molar-refractivity contribution is 5.71. The number of carbonyl (C=O) groups is 1. The van der Waals surface area contributed by atoms with Gasteiger partial charge in [-0.2, -0.15) is 15.0 Å². The van der Waals surface area contributed by atoms with Crippen LogP contribution in [0.3, 0.4) is 0 Å². The van der Waals surface area contributed by atoms with Crippen LogP contribution in [0.1, 0.15) is 12.7 Å². The Kier molecular flexibility index (Phi) is 6.77. The van der Waals surface area contributed by atoms with E-state index in [1.807, 2.05) is 37.3 Å². The van der Waals surface area contributed by atoms with Crippen molar-refractivity contribution < 1.29 is 19.0 Å². The smallest absolute Gasteiger partial charge is 0.344 e. The molecular weight excluding hydrogens is 374 g/mol. The Morgan fingerprint density at radius 3 is 2.34 bits per heavy atom. The number of rotatable bonds is 9. The number of nitrogens with one attached hydrogen (secondary N) is 1. The first-order valence-corrected chi connectivity index (χ1v) is 8.96. The fourth-order valence-corrected chi connectivity index (χ4v) is 2.34. The van der Waals surface area contributed by atoms with Crippen molar-refractivity contribution in [1.29, 1.82) is 0 Å². The number of hydrogen-bond donors (Lipinski definition) is 2. The van der Waals surface area contributed by atoms with Crippen molar-refractivity contribution >= 4 is 23.6 Å². The fourth-order valence-electron chi connectivity index (χ4n) is 2.34. The number of carbonyl (C=O) groups excluding carboxylic acids is 1. The predicted molar refractivity (Wildman–Crippen MR) is 107 cm³/mol. The van der Waals surface area contributed by atoms with Crippen molar-refractivity contribution in [2.45, 2.75) is 13.5 Å². The van der Waals surface area contributed by atoms with Crippen LogP contribution in [0.15, 0.2) is 54.6 Å². The topological polar surface area (TPSA) is 121 Å². The van der Waals surface area contributed by atoms with E-state index in [2.05, 4.69) is 20.3 Å². The van der Waals surface area contributed by atoms with E-state index in [4.69, 9.17) is 19.9 Å². The molecule has 0 radical (unpaired) electrons. The fraction of sp³-hybridized carbons (Fsp3) is 0.200. The molecule has 0 saturated carbocycles. The molecule has 29 heavy (non-hydrogen) atoms. The van der Waals surface area contributed by atoms with E-state index in [1.54, 1.807) is 24.3 Å². The number of benzene rings is 2. The molecule has 3 rings (SSSR count). The second kappa shape index (κ2) is 9.88. The Morgan fingerprint density at radius 2 is 1.66 bits per heavy atom. The van der Waals surface area contributed by atoms with Gasteiger partial charge in [0.1, 0.15) is 11.5 Å². The quantitative estimate of drug-likeness (QED) is 0.527. The minimum Gasteiger partial charge on any atom is -0.494 e. The molecule has 0 bridgehead atoms. The lowest BCUT2D eigenvalue weighted by molar-refractivity contribution is -0.147. The minimum absolute atomic E-state index is 0.0233. The van der Waals surface area contributed by atoms with Gasteiger partial charge in [-0.3, -0.25) is 0 Å². The van der Waals surface area contributed by atoms with Crippen molar-refractivity contribution in [2.75, 3.05) is 24.3 Å². The van der Waals surface area contributed by atoms with E-state index in [0.29, 0.717) is 12.4 Å². The van der Waals surface area contributed by atoms with Crippen LogP contribution >= 0.6 is 0 Å². The summed E-state index contributed by atoms with van der Waals surface area (Å²) in [5.41, 5.74) is 6.51. The van der Waals surface area contributed by atoms with Gasteiger partial charge in [0.25, 0.3) is 0 Å². The number of para-hydroxylation sites is 1. The number of esters is 1. The molecule has 0 atom stereocenters. The van der Waals surface area contributed by atoms with Crippen LogP contribution in [-0.2, 0) is 16.1 Å². The first-order valence-electron chi connectivity index (χ1n) is 8.96. The monoisotopic (exact) mass is 395 g/mol. The van der Waals surface area contributed by atoms with Crippen molar-refractivity contribution in [1.82, 2.24) is 15.0 Å². The van der Waals surface area contributed by atoms with E-state index >= 15 is 0 Å². The maximum absolute atomic E-state index is 11.9. The molecule has 0 spiro atoms. The molecule has 0 aliphatic carbocycles. The molecule has 1 aromatic heterocycles. The van der Waals surface area contributed by atoms with Crippen LogP contribution in [0.4, 0.5) is 17.6 Å². The molecule has 1 heterocycles. The molecule has 3 aromatic rings. The number of ether oxygens (including phenoxy) is 3. The van der Waals surface area contributed by atoms with Crippen LogP contribution < -0.4 is 20.5 Å². The van der Waals surface area contributed by atoms with Crippen LogP contribution in [0.5, 0.6) is 11.5 Å². The lowest BCUT2D eigenvalue weighted by Gasteiger charge is -2.09. The Balaban J connectivity index is 1.50. The number of hydrogen-bond acceptors (Lipinski definition) is 9. The van der Waals surface area contributed by atoms with Gasteiger partial charge in [-0.15, -0.1) is 0 Å². The van der Waals surface area contributed by atoms with E-state index in [9.17, 15) is 4.79 Å². The molecule has 9 heteroatoms. The van der Waals surface area contributed by atoms with E-state index in [0.717, 1.165) is 11.4 Å². The zero-order chi connectivity index (χ0) is 20.5. The van der Waals surface area contributed by atoms with Crippen LogP contribution in [0.25, 0.3) is 0 Å². The van der Waals surface area contributed by atoms with Gasteiger partial charge in [0.15, 0.2) is 19.0 Å². The normalized spacial score (nSPS) is 10.2. The summed E-state index contributed by atoms with van der Waals surface area (Å²) in [6.45, 7) is 2.09. The minimum atomic E-state index is -0.560. The molecular formula is C20H21N5O4. The lowest BCUT2D eigenvalue weighted by atomic mass is 10.3. The summed E-state index contributed by atoms with van der Waals surface area (Å²) >= 11 is 0. The highest BCUT2D eigenvalue weighted by Gasteiger charge is 2.09. The number of nitrogen functional groups attached to an aromatic ring is 1. The molecule has 9 nitrogen and oxygen atoms in total. The maximum atomic E-state index is 11.9. The average molecular weight is 395 g/mol. The van der Waals surface area contributed by atoms with Crippen molar-refractivity contribution in [3.8, 4) is 11.5 Å². The first kappa shape index (κ1) is 19.9. The van der Waals surface area contributed by atoms with Crippen LogP contribution in [-0.4, -0.2) is 34.1 Å². The molecule has 0 amide bonds. The third-order valence-corrected chi connectivity index (χ3v) is 3.58. The molecule has 2 aromatic carbocycles. The molecule has 0 fully saturated rings. The number of nitrogens with two attached hydrogens (primary N) is 1. The van der Waals surface area contributed by atoms with Gasteiger partial charge in [0.05, 0.1) is 6.61 Å². The third-order valence-electron chi connectivity index (χ3n) is 3.58. The summed E-state index contributed by atoms with van der Waals surface area (Å²) in [6.07, 6.45) is 0. The Labute approximate surface area is 167 Å².